The molecule has 0 spiro atoms. The highest BCUT2D eigenvalue weighted by atomic mass is 19.4. The summed E-state index contributed by atoms with van der Waals surface area (Å²) in [6.07, 6.45) is -2.18. The molecular formula is C25H26F3N3O6. The fraction of sp³-hybridized carbons (Fsp3) is 0.360. The highest BCUT2D eigenvalue weighted by Gasteiger charge is 2.51. The SMILES string of the molecule is C=CCOC(=O)C1=C(C)NC2=[N+]3[C@@H]1CC[C@@H]3C(C(=O)OCC)=C(c1ccccc1)N2.O=C([O-])C(F)(F)F. The normalized spacial score (nSPS) is 20.1. The maximum Gasteiger partial charge on any atom is 0.430 e. The van der Waals surface area contributed by atoms with E-state index in [1.165, 1.54) is 0 Å². The first-order valence-corrected chi connectivity index (χ1v) is 11.4. The third-order valence-corrected chi connectivity index (χ3v) is 5.87. The Morgan fingerprint density at radius 2 is 1.65 bits per heavy atom. The smallest absolute Gasteiger partial charge is 0.430 e. The van der Waals surface area contributed by atoms with Gasteiger partial charge in [-0.05, 0) is 26.7 Å². The highest BCUT2D eigenvalue weighted by Crippen LogP contribution is 2.37. The average molecular weight is 521 g/mol. The van der Waals surface area contributed by atoms with Crippen molar-refractivity contribution < 1.29 is 46.7 Å². The molecule has 0 aromatic heterocycles. The number of esters is 2. The third-order valence-electron chi connectivity index (χ3n) is 5.87. The van der Waals surface area contributed by atoms with Crippen LogP contribution in [-0.2, 0) is 23.9 Å². The number of carboxylic acids is 1. The number of benzene rings is 1. The van der Waals surface area contributed by atoms with Crippen LogP contribution in [0.2, 0.25) is 0 Å². The maximum atomic E-state index is 13.0. The zero-order valence-corrected chi connectivity index (χ0v) is 20.2. The van der Waals surface area contributed by atoms with E-state index in [1.807, 2.05) is 37.3 Å². The zero-order valence-electron chi connectivity index (χ0n) is 20.2. The van der Waals surface area contributed by atoms with Crippen molar-refractivity contribution in [2.75, 3.05) is 13.2 Å². The second-order valence-corrected chi connectivity index (χ2v) is 8.20. The van der Waals surface area contributed by atoms with Crippen molar-refractivity contribution >= 4 is 29.6 Å². The van der Waals surface area contributed by atoms with Crippen molar-refractivity contribution in [1.82, 2.24) is 10.6 Å². The van der Waals surface area contributed by atoms with Crippen molar-refractivity contribution in [2.45, 2.75) is 44.9 Å². The monoisotopic (exact) mass is 521 g/mol. The fourth-order valence-electron chi connectivity index (χ4n) is 4.48. The van der Waals surface area contributed by atoms with Gasteiger partial charge in [-0.2, -0.15) is 13.2 Å². The Labute approximate surface area is 210 Å². The van der Waals surface area contributed by atoms with Gasteiger partial charge in [-0.3, -0.25) is 0 Å². The molecular weight excluding hydrogens is 495 g/mol. The molecule has 37 heavy (non-hydrogen) atoms. The molecule has 0 radical (unpaired) electrons. The highest BCUT2D eigenvalue weighted by molar-refractivity contribution is 6.04. The summed E-state index contributed by atoms with van der Waals surface area (Å²) < 4.78 is 44.4. The number of carbonyl (C=O) groups excluding carboxylic acids is 3. The number of rotatable bonds is 6. The Hall–Kier alpha value is -4.09. The van der Waals surface area contributed by atoms with Crippen LogP contribution < -0.4 is 15.7 Å². The molecule has 2 atom stereocenters. The van der Waals surface area contributed by atoms with Crippen LogP contribution in [0.15, 0.2) is 59.8 Å². The van der Waals surface area contributed by atoms with Gasteiger partial charge in [-0.1, -0.05) is 43.0 Å². The van der Waals surface area contributed by atoms with Crippen LogP contribution in [0.3, 0.4) is 0 Å². The number of nitrogens with zero attached hydrogens (tertiary/aromatic N) is 1. The van der Waals surface area contributed by atoms with Crippen molar-refractivity contribution in [3.05, 3.63) is 65.4 Å². The number of aliphatic carboxylic acids is 1. The van der Waals surface area contributed by atoms with E-state index < -0.39 is 12.1 Å². The molecule has 0 saturated carbocycles. The lowest BCUT2D eigenvalue weighted by Crippen LogP contribution is -2.56. The quantitative estimate of drug-likeness (QED) is 0.327. The van der Waals surface area contributed by atoms with Crippen molar-refractivity contribution in [1.29, 1.82) is 0 Å². The number of halogens is 3. The lowest BCUT2D eigenvalue weighted by Gasteiger charge is -2.32. The lowest BCUT2D eigenvalue weighted by atomic mass is 9.97. The van der Waals surface area contributed by atoms with Crippen molar-refractivity contribution in [2.24, 2.45) is 0 Å². The van der Waals surface area contributed by atoms with Crippen LogP contribution in [0.5, 0.6) is 0 Å². The minimum atomic E-state index is -5.19. The number of guanidine groups is 1. The summed E-state index contributed by atoms with van der Waals surface area (Å²) in [7, 11) is 0. The van der Waals surface area contributed by atoms with E-state index in [1.54, 1.807) is 13.0 Å². The van der Waals surface area contributed by atoms with Gasteiger partial charge in [0.2, 0.25) is 0 Å². The van der Waals surface area contributed by atoms with Crippen LogP contribution in [0.1, 0.15) is 32.3 Å². The molecule has 1 aromatic rings. The van der Waals surface area contributed by atoms with E-state index in [0.29, 0.717) is 17.8 Å². The molecule has 0 bridgehead atoms. The summed E-state index contributed by atoms with van der Waals surface area (Å²) in [6, 6.07) is 9.39. The first-order chi connectivity index (χ1) is 17.5. The molecule has 1 aromatic carbocycles. The van der Waals surface area contributed by atoms with Gasteiger partial charge in [0.15, 0.2) is 0 Å². The second kappa shape index (κ2) is 11.3. The third kappa shape index (κ3) is 5.84. The Bertz CT molecular complexity index is 1190. The topological polar surface area (TPSA) is 120 Å². The first-order valence-electron chi connectivity index (χ1n) is 11.4. The lowest BCUT2D eigenvalue weighted by molar-refractivity contribution is -0.566. The molecule has 0 unspecified atom stereocenters. The molecule has 3 aliphatic rings. The van der Waals surface area contributed by atoms with E-state index in [0.717, 1.165) is 35.8 Å². The Kier molecular flexibility index (Phi) is 8.41. The molecule has 0 aliphatic carbocycles. The first kappa shape index (κ1) is 27.5. The fourth-order valence-corrected chi connectivity index (χ4v) is 4.48. The Balaban J connectivity index is 0.000000479. The van der Waals surface area contributed by atoms with Gasteiger partial charge in [0.05, 0.1) is 12.3 Å². The predicted octanol–water partition coefficient (Wildman–Crippen LogP) is 1.37. The standard InChI is InChI=1S/C23H25N3O4.C2HF3O2/c1-4-13-30-21(27)18-14(3)24-23-25-20(15-9-7-6-8-10-15)19(22(28)29-5-2)17-12-11-16(18)26(17)23;3-2(4,5)1(6)7/h4,6-10,16-17H,1,5,11-13H2,2-3H3,(H,24,25,27,28);(H,6,7)/t16-,17-;/m1./s1. The number of nitrogens with one attached hydrogen (secondary N) is 2. The van der Waals surface area contributed by atoms with Crippen LogP contribution in [0, 0.1) is 0 Å². The van der Waals surface area contributed by atoms with E-state index in [-0.39, 0.29) is 30.6 Å². The Morgan fingerprint density at radius 3 is 2.19 bits per heavy atom. The average Bonchev–Trinajstić information content (AvgIpc) is 3.28. The van der Waals surface area contributed by atoms with Crippen molar-refractivity contribution in [3.63, 3.8) is 0 Å². The van der Waals surface area contributed by atoms with E-state index in [2.05, 4.69) is 21.8 Å². The molecule has 1 saturated heterocycles. The number of allylic oxidation sites excluding steroid dienone is 1. The van der Waals surface area contributed by atoms with Gasteiger partial charge in [-0.15, -0.1) is 0 Å². The summed E-state index contributed by atoms with van der Waals surface area (Å²) in [5, 5.41) is 15.5. The van der Waals surface area contributed by atoms with Crippen LogP contribution >= 0.6 is 0 Å². The number of ether oxygens (including phenoxy) is 2. The molecule has 9 nitrogen and oxygen atoms in total. The number of alkyl halides is 3. The van der Waals surface area contributed by atoms with Gasteiger partial charge >= 0.3 is 24.1 Å². The van der Waals surface area contributed by atoms with Crippen LogP contribution in [-0.4, -0.2) is 59.9 Å². The summed E-state index contributed by atoms with van der Waals surface area (Å²) in [4.78, 5) is 34.5. The maximum absolute atomic E-state index is 13.0. The molecule has 0 amide bonds. The molecule has 12 heteroatoms. The molecule has 2 N–H and O–H groups in total. The van der Waals surface area contributed by atoms with Crippen LogP contribution in [0.25, 0.3) is 5.70 Å². The molecule has 1 fully saturated rings. The van der Waals surface area contributed by atoms with Crippen molar-refractivity contribution in [3.8, 4) is 0 Å². The number of carbonyl (C=O) groups is 3. The molecule has 3 aliphatic heterocycles. The Morgan fingerprint density at radius 1 is 1.08 bits per heavy atom. The van der Waals surface area contributed by atoms with Gasteiger partial charge in [0.1, 0.15) is 41.5 Å². The van der Waals surface area contributed by atoms with E-state index >= 15 is 0 Å². The van der Waals surface area contributed by atoms with Gasteiger partial charge in [-0.25, -0.2) is 24.8 Å². The molecule has 4 rings (SSSR count). The largest absolute Gasteiger partial charge is 0.542 e. The molecule has 198 valence electrons. The zero-order chi connectivity index (χ0) is 27.3. The number of carboxylic acid groups (broad SMARTS) is 1. The second-order valence-electron chi connectivity index (χ2n) is 8.20. The van der Waals surface area contributed by atoms with Gasteiger partial charge < -0.3 is 19.4 Å². The summed E-state index contributed by atoms with van der Waals surface area (Å²) in [5.41, 5.74) is 3.59. The minimum absolute atomic E-state index is 0.159. The van der Waals surface area contributed by atoms with E-state index in [9.17, 15) is 22.8 Å². The number of hydrogen-bond acceptors (Lipinski definition) is 8. The molecule has 3 heterocycles. The summed E-state index contributed by atoms with van der Waals surface area (Å²) in [6.45, 7) is 7.73. The number of hydrogen-bond donors (Lipinski definition) is 2. The van der Waals surface area contributed by atoms with E-state index in [4.69, 9.17) is 19.4 Å². The summed E-state index contributed by atoms with van der Waals surface area (Å²) in [5.74, 6) is -2.93. The predicted molar refractivity (Wildman–Crippen MR) is 123 cm³/mol. The van der Waals surface area contributed by atoms with Gasteiger partial charge in [0.25, 0.3) is 0 Å². The van der Waals surface area contributed by atoms with Crippen LogP contribution in [0.4, 0.5) is 13.2 Å². The summed E-state index contributed by atoms with van der Waals surface area (Å²) >= 11 is 0. The van der Waals surface area contributed by atoms with Gasteiger partial charge in [0, 0.05) is 5.56 Å². The minimum Gasteiger partial charge on any atom is -0.542 e.